The third-order valence-corrected chi connectivity index (χ3v) is 3.75. The number of nitro benzene ring substituents is 1. The van der Waals surface area contributed by atoms with E-state index in [1.165, 1.54) is 11.6 Å². The summed E-state index contributed by atoms with van der Waals surface area (Å²) in [5.74, 6) is 0.310. The van der Waals surface area contributed by atoms with Gasteiger partial charge in [0.25, 0.3) is 0 Å². The minimum absolute atomic E-state index is 0.00261. The second-order valence-corrected chi connectivity index (χ2v) is 5.49. The Balaban J connectivity index is 2.18. The molecule has 0 fully saturated rings. The van der Waals surface area contributed by atoms with Crippen molar-refractivity contribution in [2.45, 2.75) is 26.3 Å². The number of nitrogens with one attached hydrogen (secondary N) is 1. The van der Waals surface area contributed by atoms with Gasteiger partial charge in [-0.1, -0.05) is 6.92 Å². The highest BCUT2D eigenvalue weighted by molar-refractivity contribution is 7.07. The molecule has 1 atom stereocenters. The number of nitrogens with zero attached hydrogens (tertiary/aromatic N) is 1. The Morgan fingerprint density at radius 3 is 2.86 bits per heavy atom. The fourth-order valence-corrected chi connectivity index (χ4v) is 2.69. The Morgan fingerprint density at radius 2 is 2.24 bits per heavy atom. The van der Waals surface area contributed by atoms with Crippen molar-refractivity contribution >= 4 is 22.7 Å². The Hall–Kier alpha value is -2.08. The van der Waals surface area contributed by atoms with Crippen LogP contribution >= 0.6 is 11.3 Å². The second kappa shape index (κ2) is 7.08. The SMILES string of the molecule is CCCOc1cc(NC(C)c2ccsc2)ccc1[N+](=O)[O-]. The van der Waals surface area contributed by atoms with Crippen LogP contribution in [0.2, 0.25) is 0 Å². The number of anilines is 1. The molecule has 1 unspecified atom stereocenters. The Bertz CT molecular complexity index is 599. The monoisotopic (exact) mass is 306 g/mol. The number of hydrogen-bond donors (Lipinski definition) is 1. The van der Waals surface area contributed by atoms with Crippen LogP contribution in [0.1, 0.15) is 31.9 Å². The average molecular weight is 306 g/mol. The number of nitro groups is 1. The summed E-state index contributed by atoms with van der Waals surface area (Å²) in [6.07, 6.45) is 0.806. The van der Waals surface area contributed by atoms with E-state index in [2.05, 4.69) is 23.7 Å². The summed E-state index contributed by atoms with van der Waals surface area (Å²) in [4.78, 5) is 10.6. The van der Waals surface area contributed by atoms with Crippen molar-refractivity contribution in [2.75, 3.05) is 11.9 Å². The Labute approximate surface area is 127 Å². The van der Waals surface area contributed by atoms with Crippen LogP contribution in [0, 0.1) is 10.1 Å². The number of hydrogen-bond acceptors (Lipinski definition) is 5. The molecular weight excluding hydrogens is 288 g/mol. The maximum Gasteiger partial charge on any atom is 0.311 e. The number of ether oxygens (including phenoxy) is 1. The summed E-state index contributed by atoms with van der Waals surface area (Å²) in [5.41, 5.74) is 2.00. The molecule has 0 saturated heterocycles. The first-order valence-corrected chi connectivity index (χ1v) is 7.76. The van der Waals surface area contributed by atoms with Crippen molar-refractivity contribution in [2.24, 2.45) is 0 Å². The standard InChI is InChI=1S/C15H18N2O3S/c1-3-7-20-15-9-13(4-5-14(15)17(18)19)16-11(2)12-6-8-21-10-12/h4-6,8-11,16H,3,7H2,1-2H3. The van der Waals surface area contributed by atoms with E-state index in [0.29, 0.717) is 12.4 Å². The summed E-state index contributed by atoms with van der Waals surface area (Å²) in [5, 5.41) is 18.5. The van der Waals surface area contributed by atoms with Crippen molar-refractivity contribution in [3.05, 3.63) is 50.7 Å². The van der Waals surface area contributed by atoms with Gasteiger partial charge in [0, 0.05) is 23.9 Å². The van der Waals surface area contributed by atoms with Gasteiger partial charge in [-0.2, -0.15) is 11.3 Å². The third-order valence-electron chi connectivity index (χ3n) is 3.04. The highest BCUT2D eigenvalue weighted by Gasteiger charge is 2.16. The summed E-state index contributed by atoms with van der Waals surface area (Å²) in [6, 6.07) is 7.07. The van der Waals surface area contributed by atoms with Crippen LogP contribution < -0.4 is 10.1 Å². The largest absolute Gasteiger partial charge is 0.487 e. The second-order valence-electron chi connectivity index (χ2n) is 4.71. The van der Waals surface area contributed by atoms with Crippen LogP contribution in [0.3, 0.4) is 0 Å². The molecule has 0 amide bonds. The predicted molar refractivity (Wildman–Crippen MR) is 85.2 cm³/mol. The number of benzene rings is 1. The molecule has 0 saturated carbocycles. The lowest BCUT2D eigenvalue weighted by Crippen LogP contribution is -2.06. The van der Waals surface area contributed by atoms with E-state index in [4.69, 9.17) is 4.74 Å². The van der Waals surface area contributed by atoms with Crippen LogP contribution in [-0.4, -0.2) is 11.5 Å². The smallest absolute Gasteiger partial charge is 0.311 e. The van der Waals surface area contributed by atoms with Crippen LogP contribution in [0.15, 0.2) is 35.0 Å². The van der Waals surface area contributed by atoms with Crippen molar-refractivity contribution in [1.82, 2.24) is 0 Å². The van der Waals surface area contributed by atoms with E-state index in [-0.39, 0.29) is 11.7 Å². The zero-order valence-electron chi connectivity index (χ0n) is 12.0. The van der Waals surface area contributed by atoms with Gasteiger partial charge in [-0.05, 0) is 41.8 Å². The zero-order chi connectivity index (χ0) is 15.2. The lowest BCUT2D eigenvalue weighted by molar-refractivity contribution is -0.385. The number of thiophene rings is 1. The van der Waals surface area contributed by atoms with Gasteiger partial charge in [-0.25, -0.2) is 0 Å². The van der Waals surface area contributed by atoms with Crippen molar-refractivity contribution < 1.29 is 9.66 Å². The van der Waals surface area contributed by atoms with Crippen LogP contribution in [0.25, 0.3) is 0 Å². The highest BCUT2D eigenvalue weighted by atomic mass is 32.1. The highest BCUT2D eigenvalue weighted by Crippen LogP contribution is 2.32. The first kappa shape index (κ1) is 15.3. The van der Waals surface area contributed by atoms with E-state index in [1.807, 2.05) is 12.3 Å². The quantitative estimate of drug-likeness (QED) is 0.599. The minimum atomic E-state index is -0.420. The van der Waals surface area contributed by atoms with Crippen LogP contribution in [-0.2, 0) is 0 Å². The van der Waals surface area contributed by atoms with Crippen molar-refractivity contribution in [3.8, 4) is 5.75 Å². The summed E-state index contributed by atoms with van der Waals surface area (Å²) in [6.45, 7) is 4.48. The molecule has 0 radical (unpaired) electrons. The summed E-state index contributed by atoms with van der Waals surface area (Å²) in [7, 11) is 0. The fourth-order valence-electron chi connectivity index (χ4n) is 1.94. The van der Waals surface area contributed by atoms with E-state index < -0.39 is 4.92 Å². The molecule has 1 aromatic carbocycles. The topological polar surface area (TPSA) is 64.4 Å². The summed E-state index contributed by atoms with van der Waals surface area (Å²) < 4.78 is 5.48. The van der Waals surface area contributed by atoms with Gasteiger partial charge >= 0.3 is 5.69 Å². The van der Waals surface area contributed by atoms with E-state index in [0.717, 1.165) is 12.1 Å². The molecule has 1 heterocycles. The molecule has 0 bridgehead atoms. The van der Waals surface area contributed by atoms with E-state index >= 15 is 0 Å². The maximum absolute atomic E-state index is 11.0. The van der Waals surface area contributed by atoms with Gasteiger partial charge in [0.15, 0.2) is 5.75 Å². The molecule has 0 aliphatic rings. The first-order chi connectivity index (χ1) is 10.1. The predicted octanol–water partition coefficient (Wildman–Crippen LogP) is 4.62. The van der Waals surface area contributed by atoms with Gasteiger partial charge < -0.3 is 10.1 Å². The molecule has 0 aliphatic carbocycles. The Morgan fingerprint density at radius 1 is 1.43 bits per heavy atom. The molecule has 0 aliphatic heterocycles. The molecule has 2 rings (SSSR count). The molecule has 112 valence electrons. The van der Waals surface area contributed by atoms with Gasteiger partial charge in [0.05, 0.1) is 11.5 Å². The molecule has 0 spiro atoms. The molecule has 5 nitrogen and oxygen atoms in total. The molecule has 1 N–H and O–H groups in total. The Kier molecular flexibility index (Phi) is 5.16. The average Bonchev–Trinajstić information content (AvgIpc) is 2.99. The van der Waals surface area contributed by atoms with Gasteiger partial charge in [0.2, 0.25) is 0 Å². The van der Waals surface area contributed by atoms with Crippen molar-refractivity contribution in [3.63, 3.8) is 0 Å². The van der Waals surface area contributed by atoms with Crippen molar-refractivity contribution in [1.29, 1.82) is 0 Å². The van der Waals surface area contributed by atoms with E-state index in [9.17, 15) is 10.1 Å². The van der Waals surface area contributed by atoms with Crippen LogP contribution in [0.4, 0.5) is 11.4 Å². The fraction of sp³-hybridized carbons (Fsp3) is 0.333. The summed E-state index contributed by atoms with van der Waals surface area (Å²) >= 11 is 1.65. The van der Waals surface area contributed by atoms with E-state index in [1.54, 1.807) is 23.5 Å². The van der Waals surface area contributed by atoms with Gasteiger partial charge in [-0.15, -0.1) is 0 Å². The normalized spacial score (nSPS) is 11.9. The van der Waals surface area contributed by atoms with Gasteiger partial charge in [0.1, 0.15) is 0 Å². The molecule has 1 aromatic heterocycles. The third kappa shape index (κ3) is 3.95. The minimum Gasteiger partial charge on any atom is -0.487 e. The van der Waals surface area contributed by atoms with Crippen LogP contribution in [0.5, 0.6) is 5.75 Å². The zero-order valence-corrected chi connectivity index (χ0v) is 12.9. The van der Waals surface area contributed by atoms with Gasteiger partial charge in [-0.3, -0.25) is 10.1 Å². The number of rotatable bonds is 7. The lowest BCUT2D eigenvalue weighted by Gasteiger charge is -2.15. The molecule has 21 heavy (non-hydrogen) atoms. The molecular formula is C15H18N2O3S. The lowest BCUT2D eigenvalue weighted by atomic mass is 10.1. The molecule has 6 heteroatoms. The molecule has 2 aromatic rings. The maximum atomic E-state index is 11.0. The first-order valence-electron chi connectivity index (χ1n) is 6.81.